The highest BCUT2D eigenvalue weighted by molar-refractivity contribution is 14.1. The minimum Gasteiger partial charge on any atom is -0.502 e. The van der Waals surface area contributed by atoms with Crippen LogP contribution in [0.5, 0.6) is 17.2 Å². The van der Waals surface area contributed by atoms with Crippen molar-refractivity contribution >= 4 is 22.6 Å². The summed E-state index contributed by atoms with van der Waals surface area (Å²) in [5, 5.41) is 10.1. The van der Waals surface area contributed by atoms with Crippen molar-refractivity contribution in [2.75, 3.05) is 26.9 Å². The second-order valence-corrected chi connectivity index (χ2v) is 6.51. The zero-order valence-corrected chi connectivity index (χ0v) is 17.8. The third-order valence-corrected chi connectivity index (χ3v) is 4.45. The summed E-state index contributed by atoms with van der Waals surface area (Å²) in [5.74, 6) is -0.672. The topological polar surface area (TPSA) is 47.9 Å². The molecule has 1 rings (SSSR count). The number of hydrogen-bond donors (Lipinski definition) is 1. The Morgan fingerprint density at radius 1 is 1.18 bits per heavy atom. The first-order chi connectivity index (χ1) is 13.3. The molecule has 0 saturated carbocycles. The van der Waals surface area contributed by atoms with Gasteiger partial charge in [0.05, 0.1) is 6.61 Å². The fourth-order valence-electron chi connectivity index (χ4n) is 2.18. The third kappa shape index (κ3) is 9.50. The van der Waals surface area contributed by atoms with Gasteiger partial charge in [-0.05, 0) is 46.6 Å². The van der Waals surface area contributed by atoms with Gasteiger partial charge in [-0.25, -0.2) is 0 Å². The molecular weight excluding hydrogens is 488 g/mol. The number of allylic oxidation sites excluding steroid dienone is 2. The van der Waals surface area contributed by atoms with Crippen molar-refractivity contribution in [2.45, 2.75) is 25.4 Å². The van der Waals surface area contributed by atoms with Crippen LogP contribution >= 0.6 is 22.6 Å². The van der Waals surface area contributed by atoms with E-state index in [9.17, 15) is 18.3 Å². The number of rotatable bonds is 12. The van der Waals surface area contributed by atoms with Crippen molar-refractivity contribution in [3.63, 3.8) is 0 Å². The lowest BCUT2D eigenvalue weighted by Gasteiger charge is -2.14. The van der Waals surface area contributed by atoms with Gasteiger partial charge in [0.1, 0.15) is 6.61 Å². The highest BCUT2D eigenvalue weighted by Gasteiger charge is 2.29. The Morgan fingerprint density at radius 3 is 2.43 bits per heavy atom. The Morgan fingerprint density at radius 2 is 1.86 bits per heavy atom. The van der Waals surface area contributed by atoms with E-state index in [4.69, 9.17) is 9.47 Å². The van der Waals surface area contributed by atoms with Gasteiger partial charge in [-0.1, -0.05) is 40.8 Å². The van der Waals surface area contributed by atoms with Crippen molar-refractivity contribution < 1.29 is 32.5 Å². The molecular formula is C20H24F3IO4. The first kappa shape index (κ1) is 24.4. The number of aromatic hydroxyl groups is 1. The number of para-hydroxylation sites is 1. The van der Waals surface area contributed by atoms with E-state index in [0.717, 1.165) is 24.0 Å². The maximum Gasteiger partial charge on any atom is 0.422 e. The van der Waals surface area contributed by atoms with E-state index < -0.39 is 18.5 Å². The number of phenols is 1. The van der Waals surface area contributed by atoms with Gasteiger partial charge in [0.15, 0.2) is 18.1 Å². The smallest absolute Gasteiger partial charge is 0.422 e. The standard InChI is InChI=1S/C20H24F3IO4/c1-3-4-6-15(9-10-16(11-24)12-26-2)13-27-17-7-5-8-18(19(17)25)28-14-20(21,22)23/h3,5,7-9,11,25H,1,4,6,10,12-14H2,2H3/b15-9+,16-11-. The molecule has 0 aromatic heterocycles. The monoisotopic (exact) mass is 512 g/mol. The van der Waals surface area contributed by atoms with Crippen molar-refractivity contribution in [2.24, 2.45) is 0 Å². The van der Waals surface area contributed by atoms with Crippen LogP contribution in [-0.4, -0.2) is 38.2 Å². The van der Waals surface area contributed by atoms with E-state index >= 15 is 0 Å². The quantitative estimate of drug-likeness (QED) is 0.278. The zero-order chi connectivity index (χ0) is 21.0. The number of hydrogen-bond acceptors (Lipinski definition) is 4. The van der Waals surface area contributed by atoms with Crippen LogP contribution in [0.15, 0.2) is 52.2 Å². The Hall–Kier alpha value is -1.68. The average Bonchev–Trinajstić information content (AvgIpc) is 2.65. The van der Waals surface area contributed by atoms with Crippen LogP contribution in [0, 0.1) is 0 Å². The second kappa shape index (κ2) is 12.7. The minimum atomic E-state index is -4.49. The van der Waals surface area contributed by atoms with Gasteiger partial charge < -0.3 is 19.3 Å². The maximum absolute atomic E-state index is 12.3. The van der Waals surface area contributed by atoms with E-state index in [2.05, 4.69) is 33.9 Å². The van der Waals surface area contributed by atoms with Crippen LogP contribution in [0.3, 0.4) is 0 Å². The fraction of sp³-hybridized carbons (Fsp3) is 0.400. The summed E-state index contributed by atoms with van der Waals surface area (Å²) < 4.78 is 54.3. The SMILES string of the molecule is C=CCC/C(=C\C/C(=C/I)COC)COc1cccc(OCC(F)(F)F)c1O. The first-order valence-electron chi connectivity index (χ1n) is 8.51. The molecule has 0 atom stereocenters. The van der Waals surface area contributed by atoms with Gasteiger partial charge >= 0.3 is 6.18 Å². The highest BCUT2D eigenvalue weighted by atomic mass is 127. The molecule has 28 heavy (non-hydrogen) atoms. The molecule has 4 nitrogen and oxygen atoms in total. The van der Waals surface area contributed by atoms with Crippen molar-refractivity contribution in [1.82, 2.24) is 0 Å². The Labute approximate surface area is 176 Å². The van der Waals surface area contributed by atoms with E-state index in [0.29, 0.717) is 13.0 Å². The summed E-state index contributed by atoms with van der Waals surface area (Å²) in [4.78, 5) is 0. The van der Waals surface area contributed by atoms with E-state index in [1.807, 2.05) is 10.2 Å². The van der Waals surface area contributed by atoms with Gasteiger partial charge in [0.25, 0.3) is 0 Å². The molecule has 0 aliphatic rings. The molecule has 0 fully saturated rings. The molecule has 0 spiro atoms. The van der Waals surface area contributed by atoms with Crippen LogP contribution < -0.4 is 9.47 Å². The molecule has 0 heterocycles. The summed E-state index contributed by atoms with van der Waals surface area (Å²) in [6, 6.07) is 4.19. The van der Waals surface area contributed by atoms with Gasteiger partial charge in [-0.15, -0.1) is 6.58 Å². The first-order valence-corrected chi connectivity index (χ1v) is 9.75. The number of halogens is 4. The fourth-order valence-corrected chi connectivity index (χ4v) is 2.62. The van der Waals surface area contributed by atoms with Crippen LogP contribution in [0.2, 0.25) is 0 Å². The molecule has 0 amide bonds. The minimum absolute atomic E-state index is 0.0609. The van der Waals surface area contributed by atoms with Crippen LogP contribution in [0.4, 0.5) is 13.2 Å². The highest BCUT2D eigenvalue weighted by Crippen LogP contribution is 2.36. The van der Waals surface area contributed by atoms with Gasteiger partial charge in [0, 0.05) is 7.11 Å². The Kier molecular flexibility index (Phi) is 11.1. The molecule has 0 unspecified atom stereocenters. The Balaban J connectivity index is 2.82. The molecule has 1 aromatic rings. The lowest BCUT2D eigenvalue weighted by Crippen LogP contribution is -2.19. The predicted octanol–water partition coefficient (Wildman–Crippen LogP) is 5.96. The van der Waals surface area contributed by atoms with E-state index in [1.54, 1.807) is 13.2 Å². The molecule has 156 valence electrons. The summed E-state index contributed by atoms with van der Waals surface area (Å²) >= 11 is 2.15. The Bertz CT molecular complexity index is 685. The molecule has 0 radical (unpaired) electrons. The van der Waals surface area contributed by atoms with Crippen molar-refractivity contribution in [1.29, 1.82) is 0 Å². The molecule has 1 N–H and O–H groups in total. The van der Waals surface area contributed by atoms with E-state index in [-0.39, 0.29) is 18.1 Å². The molecule has 0 saturated heterocycles. The normalized spacial score (nSPS) is 12.8. The molecule has 0 aliphatic heterocycles. The number of alkyl halides is 3. The lowest BCUT2D eigenvalue weighted by atomic mass is 10.1. The van der Waals surface area contributed by atoms with Crippen LogP contribution in [-0.2, 0) is 4.74 Å². The van der Waals surface area contributed by atoms with Gasteiger partial charge in [0.2, 0.25) is 5.75 Å². The number of phenolic OH excluding ortho intramolecular Hbond substituents is 1. The van der Waals surface area contributed by atoms with Crippen LogP contribution in [0.1, 0.15) is 19.3 Å². The summed E-state index contributed by atoms with van der Waals surface area (Å²) in [6.07, 6.45) is 1.48. The van der Waals surface area contributed by atoms with Crippen molar-refractivity contribution in [3.05, 3.63) is 52.2 Å². The largest absolute Gasteiger partial charge is 0.502 e. The zero-order valence-electron chi connectivity index (χ0n) is 15.6. The molecule has 1 aromatic carbocycles. The lowest BCUT2D eigenvalue weighted by molar-refractivity contribution is -0.153. The van der Waals surface area contributed by atoms with Crippen LogP contribution in [0.25, 0.3) is 0 Å². The third-order valence-electron chi connectivity index (χ3n) is 3.57. The number of methoxy groups -OCH3 is 1. The van der Waals surface area contributed by atoms with Gasteiger partial charge in [-0.3, -0.25) is 0 Å². The molecule has 8 heteroatoms. The molecule has 0 bridgehead atoms. The average molecular weight is 512 g/mol. The second-order valence-electron chi connectivity index (χ2n) is 5.89. The molecule has 0 aliphatic carbocycles. The maximum atomic E-state index is 12.3. The predicted molar refractivity (Wildman–Crippen MR) is 111 cm³/mol. The summed E-state index contributed by atoms with van der Waals surface area (Å²) in [6.45, 7) is 2.93. The van der Waals surface area contributed by atoms with Gasteiger partial charge in [-0.2, -0.15) is 13.2 Å². The summed E-state index contributed by atoms with van der Waals surface area (Å²) in [7, 11) is 1.63. The number of ether oxygens (including phenoxy) is 3. The van der Waals surface area contributed by atoms with Crippen molar-refractivity contribution in [3.8, 4) is 17.2 Å². The van der Waals surface area contributed by atoms with E-state index in [1.165, 1.54) is 18.2 Å². The summed E-state index contributed by atoms with van der Waals surface area (Å²) in [5.41, 5.74) is 2.08. The number of benzene rings is 1.